The molecule has 8 heteroatoms. The van der Waals surface area contributed by atoms with Crippen molar-refractivity contribution in [3.05, 3.63) is 24.0 Å². The number of rotatable bonds is 5. The number of carbonyl (C=O) groups is 2. The van der Waals surface area contributed by atoms with Gasteiger partial charge in [-0.05, 0) is 6.07 Å². The zero-order valence-electron chi connectivity index (χ0n) is 15.3. The third kappa shape index (κ3) is 4.92. The largest absolute Gasteiger partial charge is 0.379 e. The third-order valence-corrected chi connectivity index (χ3v) is 4.89. The summed E-state index contributed by atoms with van der Waals surface area (Å²) < 4.78 is 5.32. The number of pyridine rings is 1. The first kappa shape index (κ1) is 18.6. The number of ether oxygens (including phenoxy) is 1. The van der Waals surface area contributed by atoms with Gasteiger partial charge in [0.2, 0.25) is 5.91 Å². The fourth-order valence-corrected chi connectivity index (χ4v) is 3.26. The molecule has 2 aliphatic rings. The van der Waals surface area contributed by atoms with Gasteiger partial charge < -0.3 is 19.9 Å². The number of nitrogens with one attached hydrogen (secondary N) is 1. The minimum atomic E-state index is -0.102. The first-order chi connectivity index (χ1) is 12.6. The van der Waals surface area contributed by atoms with E-state index in [-0.39, 0.29) is 11.8 Å². The molecule has 3 heterocycles. The van der Waals surface area contributed by atoms with Crippen molar-refractivity contribution in [3.8, 4) is 0 Å². The Labute approximate surface area is 154 Å². The first-order valence-electron chi connectivity index (χ1n) is 9.17. The van der Waals surface area contributed by atoms with Crippen molar-refractivity contribution in [2.24, 2.45) is 0 Å². The zero-order chi connectivity index (χ0) is 18.4. The number of hydrogen-bond donors (Lipinski definition) is 1. The van der Waals surface area contributed by atoms with E-state index in [0.717, 1.165) is 51.6 Å². The van der Waals surface area contributed by atoms with Crippen LogP contribution in [0.2, 0.25) is 0 Å². The highest BCUT2D eigenvalue weighted by Crippen LogP contribution is 2.17. The van der Waals surface area contributed by atoms with Crippen molar-refractivity contribution in [2.45, 2.75) is 6.92 Å². The van der Waals surface area contributed by atoms with Crippen LogP contribution in [0.4, 0.5) is 5.69 Å². The molecule has 0 bridgehead atoms. The standard InChI is InChI=1S/C18H27N5O3/c1-15(24)22-4-6-23(7-5-22)17-12-16(13-19-14-17)18(25)20-2-3-21-8-10-26-11-9-21/h12-14H,2-11H2,1H3,(H,20,25). The zero-order valence-corrected chi connectivity index (χ0v) is 15.3. The Morgan fingerprint density at radius 1 is 1.12 bits per heavy atom. The van der Waals surface area contributed by atoms with Crippen LogP contribution >= 0.6 is 0 Å². The summed E-state index contributed by atoms with van der Waals surface area (Å²) in [6.45, 7) is 9.30. The van der Waals surface area contributed by atoms with Crippen LogP contribution in [-0.4, -0.2) is 92.2 Å². The number of hydrogen-bond acceptors (Lipinski definition) is 6. The van der Waals surface area contributed by atoms with Crippen LogP contribution in [0.1, 0.15) is 17.3 Å². The summed E-state index contributed by atoms with van der Waals surface area (Å²) in [6.07, 6.45) is 3.37. The molecular weight excluding hydrogens is 334 g/mol. The van der Waals surface area contributed by atoms with Gasteiger partial charge in [0.1, 0.15) is 0 Å². The van der Waals surface area contributed by atoms with Gasteiger partial charge in [0.05, 0.1) is 30.7 Å². The van der Waals surface area contributed by atoms with Gasteiger partial charge >= 0.3 is 0 Å². The van der Waals surface area contributed by atoms with Crippen molar-refractivity contribution in [1.29, 1.82) is 0 Å². The normalized spacial score (nSPS) is 18.7. The monoisotopic (exact) mass is 361 g/mol. The third-order valence-electron chi connectivity index (χ3n) is 4.89. The molecule has 1 aromatic rings. The molecule has 1 N–H and O–H groups in total. The number of anilines is 1. The number of amides is 2. The van der Waals surface area contributed by atoms with Crippen molar-refractivity contribution in [1.82, 2.24) is 20.1 Å². The smallest absolute Gasteiger partial charge is 0.252 e. The summed E-state index contributed by atoms with van der Waals surface area (Å²) in [6, 6.07) is 1.88. The molecule has 3 rings (SSSR count). The predicted octanol–water partition coefficient (Wildman–Crippen LogP) is -0.188. The summed E-state index contributed by atoms with van der Waals surface area (Å²) in [5.41, 5.74) is 1.49. The highest BCUT2D eigenvalue weighted by Gasteiger charge is 2.20. The van der Waals surface area contributed by atoms with E-state index in [1.165, 1.54) is 0 Å². The average Bonchev–Trinajstić information content (AvgIpc) is 2.69. The van der Waals surface area contributed by atoms with Crippen molar-refractivity contribution < 1.29 is 14.3 Å². The van der Waals surface area contributed by atoms with Crippen LogP contribution in [0, 0.1) is 0 Å². The maximum atomic E-state index is 12.4. The van der Waals surface area contributed by atoms with E-state index in [1.54, 1.807) is 19.3 Å². The van der Waals surface area contributed by atoms with Gasteiger partial charge in [0.15, 0.2) is 0 Å². The molecule has 2 fully saturated rings. The summed E-state index contributed by atoms with van der Waals surface area (Å²) in [5.74, 6) is 0.00570. The Kier molecular flexibility index (Phi) is 6.40. The molecule has 2 saturated heterocycles. The molecule has 0 atom stereocenters. The van der Waals surface area contributed by atoms with Crippen LogP contribution in [-0.2, 0) is 9.53 Å². The molecule has 2 aliphatic heterocycles. The lowest BCUT2D eigenvalue weighted by Gasteiger charge is -2.35. The second kappa shape index (κ2) is 8.95. The molecular formula is C18H27N5O3. The molecule has 26 heavy (non-hydrogen) atoms. The first-order valence-corrected chi connectivity index (χ1v) is 9.17. The summed E-state index contributed by atoms with van der Waals surface area (Å²) >= 11 is 0. The molecule has 0 spiro atoms. The van der Waals surface area contributed by atoms with Crippen LogP contribution in [0.5, 0.6) is 0 Å². The van der Waals surface area contributed by atoms with Gasteiger partial charge in [-0.25, -0.2) is 0 Å². The van der Waals surface area contributed by atoms with Crippen molar-refractivity contribution >= 4 is 17.5 Å². The number of aromatic nitrogens is 1. The average molecular weight is 361 g/mol. The number of morpholine rings is 1. The second-order valence-corrected chi connectivity index (χ2v) is 6.63. The Hall–Kier alpha value is -2.19. The minimum absolute atomic E-state index is 0.102. The van der Waals surface area contributed by atoms with Crippen LogP contribution in [0.3, 0.4) is 0 Å². The molecule has 0 saturated carbocycles. The Morgan fingerprint density at radius 2 is 1.85 bits per heavy atom. The maximum absolute atomic E-state index is 12.4. The Morgan fingerprint density at radius 3 is 2.54 bits per heavy atom. The van der Waals surface area contributed by atoms with Crippen LogP contribution < -0.4 is 10.2 Å². The van der Waals surface area contributed by atoms with Gasteiger partial charge in [-0.3, -0.25) is 19.5 Å². The Bertz CT molecular complexity index is 625. The fraction of sp³-hybridized carbons (Fsp3) is 0.611. The van der Waals surface area contributed by atoms with Crippen LogP contribution in [0.25, 0.3) is 0 Å². The summed E-state index contributed by atoms with van der Waals surface area (Å²) in [4.78, 5) is 34.3. The molecule has 8 nitrogen and oxygen atoms in total. The van der Waals surface area contributed by atoms with Gasteiger partial charge in [-0.15, -0.1) is 0 Å². The number of carbonyl (C=O) groups excluding carboxylic acids is 2. The molecule has 1 aromatic heterocycles. The van der Waals surface area contributed by atoms with E-state index < -0.39 is 0 Å². The lowest BCUT2D eigenvalue weighted by Crippen LogP contribution is -2.48. The quantitative estimate of drug-likeness (QED) is 0.783. The summed E-state index contributed by atoms with van der Waals surface area (Å²) in [7, 11) is 0. The maximum Gasteiger partial charge on any atom is 0.252 e. The van der Waals surface area contributed by atoms with E-state index >= 15 is 0 Å². The lowest BCUT2D eigenvalue weighted by atomic mass is 10.2. The highest BCUT2D eigenvalue weighted by atomic mass is 16.5. The lowest BCUT2D eigenvalue weighted by molar-refractivity contribution is -0.129. The Balaban J connectivity index is 1.50. The molecule has 0 aromatic carbocycles. The van der Waals surface area contributed by atoms with Crippen LogP contribution in [0.15, 0.2) is 18.5 Å². The van der Waals surface area contributed by atoms with Gasteiger partial charge in [0, 0.05) is 65.5 Å². The minimum Gasteiger partial charge on any atom is -0.379 e. The fourth-order valence-electron chi connectivity index (χ4n) is 3.26. The van der Waals surface area contributed by atoms with Gasteiger partial charge in [-0.2, -0.15) is 0 Å². The SMILES string of the molecule is CC(=O)N1CCN(c2cncc(C(=O)NCCN3CCOCC3)c2)CC1. The van der Waals surface area contributed by atoms with E-state index in [0.29, 0.717) is 25.2 Å². The predicted molar refractivity (Wildman–Crippen MR) is 98.3 cm³/mol. The molecule has 142 valence electrons. The topological polar surface area (TPSA) is 78.0 Å². The van der Waals surface area contributed by atoms with E-state index in [1.807, 2.05) is 11.0 Å². The van der Waals surface area contributed by atoms with E-state index in [9.17, 15) is 9.59 Å². The molecule has 0 radical (unpaired) electrons. The van der Waals surface area contributed by atoms with Crippen molar-refractivity contribution in [3.63, 3.8) is 0 Å². The van der Waals surface area contributed by atoms with Gasteiger partial charge in [-0.1, -0.05) is 0 Å². The molecule has 0 unspecified atom stereocenters. The molecule has 0 aliphatic carbocycles. The van der Waals surface area contributed by atoms with E-state index in [2.05, 4.69) is 20.1 Å². The molecule has 2 amide bonds. The highest BCUT2D eigenvalue weighted by molar-refractivity contribution is 5.94. The summed E-state index contributed by atoms with van der Waals surface area (Å²) in [5, 5.41) is 2.97. The van der Waals surface area contributed by atoms with Gasteiger partial charge in [0.25, 0.3) is 5.91 Å². The number of piperazine rings is 1. The van der Waals surface area contributed by atoms with Crippen molar-refractivity contribution in [2.75, 3.05) is 70.5 Å². The second-order valence-electron chi connectivity index (χ2n) is 6.63. The van der Waals surface area contributed by atoms with E-state index in [4.69, 9.17) is 4.74 Å². The number of nitrogens with zero attached hydrogens (tertiary/aromatic N) is 4.